The van der Waals surface area contributed by atoms with E-state index in [1.54, 1.807) is 11.9 Å². The molecule has 0 bridgehead atoms. The second-order valence-corrected chi connectivity index (χ2v) is 6.12. The van der Waals surface area contributed by atoms with Gasteiger partial charge in [-0.3, -0.25) is 30.1 Å². The Morgan fingerprint density at radius 2 is 1.83 bits per heavy atom. The predicted molar refractivity (Wildman–Crippen MR) is 87.6 cm³/mol. The van der Waals surface area contributed by atoms with Crippen LogP contribution < -0.4 is 16.2 Å². The predicted octanol–water partition coefficient (Wildman–Crippen LogP) is -0.401. The minimum atomic E-state index is -0.389. The van der Waals surface area contributed by atoms with Crippen LogP contribution in [0.1, 0.15) is 24.0 Å². The summed E-state index contributed by atoms with van der Waals surface area (Å²) in [6, 6.07) is 0. The fourth-order valence-electron chi connectivity index (χ4n) is 1.71. The summed E-state index contributed by atoms with van der Waals surface area (Å²) < 4.78 is 0. The smallest absolute Gasteiger partial charge is 0.252 e. The number of hydrogen-bond acceptors (Lipinski definition) is 6. The second-order valence-electron chi connectivity index (χ2n) is 5.18. The average molecular weight is 341 g/mol. The van der Waals surface area contributed by atoms with Crippen LogP contribution in [-0.4, -0.2) is 54.3 Å². The van der Waals surface area contributed by atoms with E-state index in [1.807, 2.05) is 19.2 Å². The van der Waals surface area contributed by atoms with Crippen LogP contribution in [0, 0.1) is 6.92 Å². The van der Waals surface area contributed by atoms with E-state index in [-0.39, 0.29) is 37.2 Å². The molecular formula is C14H23N5O3S. The highest BCUT2D eigenvalue weighted by molar-refractivity contribution is 7.09. The Bertz CT molecular complexity index is 546. The molecule has 3 N–H and O–H groups in total. The molecule has 0 saturated heterocycles. The molecule has 1 rings (SSSR count). The number of likely N-dealkylation sites (N-methyl/N-ethyl adjacent to an activating group) is 1. The van der Waals surface area contributed by atoms with Crippen LogP contribution >= 0.6 is 11.3 Å². The van der Waals surface area contributed by atoms with Crippen LogP contribution in [0.15, 0.2) is 5.38 Å². The van der Waals surface area contributed by atoms with E-state index in [1.165, 1.54) is 11.3 Å². The van der Waals surface area contributed by atoms with Gasteiger partial charge in [0.15, 0.2) is 0 Å². The molecule has 1 aromatic rings. The SMILES string of the molecule is CCCNC(=O)CN(C)CC(=O)NNC(=O)Cc1nc(C)cs1. The highest BCUT2D eigenvalue weighted by Gasteiger charge is 2.12. The fourth-order valence-corrected chi connectivity index (χ4v) is 2.48. The molecule has 1 aromatic heterocycles. The van der Waals surface area contributed by atoms with Crippen molar-refractivity contribution in [2.75, 3.05) is 26.7 Å². The second kappa shape index (κ2) is 9.90. The van der Waals surface area contributed by atoms with Gasteiger partial charge in [0.1, 0.15) is 5.01 Å². The summed E-state index contributed by atoms with van der Waals surface area (Å²) in [5, 5.41) is 5.28. The van der Waals surface area contributed by atoms with E-state index in [0.29, 0.717) is 11.6 Å². The third-order valence-corrected chi connectivity index (χ3v) is 3.69. The van der Waals surface area contributed by atoms with Gasteiger partial charge >= 0.3 is 0 Å². The summed E-state index contributed by atoms with van der Waals surface area (Å²) >= 11 is 1.40. The molecule has 0 spiro atoms. The normalized spacial score (nSPS) is 10.4. The van der Waals surface area contributed by atoms with Gasteiger partial charge in [-0.05, 0) is 20.4 Å². The molecule has 8 nitrogen and oxygen atoms in total. The van der Waals surface area contributed by atoms with Crippen molar-refractivity contribution in [2.45, 2.75) is 26.7 Å². The lowest BCUT2D eigenvalue weighted by Gasteiger charge is -2.16. The lowest BCUT2D eigenvalue weighted by atomic mass is 10.4. The first-order valence-electron chi connectivity index (χ1n) is 7.34. The number of nitrogens with one attached hydrogen (secondary N) is 3. The highest BCUT2D eigenvalue weighted by Crippen LogP contribution is 2.08. The van der Waals surface area contributed by atoms with E-state index in [9.17, 15) is 14.4 Å². The van der Waals surface area contributed by atoms with Gasteiger partial charge in [0.25, 0.3) is 5.91 Å². The quantitative estimate of drug-likeness (QED) is 0.558. The summed E-state index contributed by atoms with van der Waals surface area (Å²) in [4.78, 5) is 40.6. The Hall–Kier alpha value is -2.00. The Morgan fingerprint density at radius 1 is 1.17 bits per heavy atom. The van der Waals surface area contributed by atoms with Gasteiger partial charge in [0.2, 0.25) is 11.8 Å². The molecule has 3 amide bonds. The third-order valence-electron chi connectivity index (χ3n) is 2.72. The number of hydrazine groups is 1. The van der Waals surface area contributed by atoms with Crippen molar-refractivity contribution in [1.82, 2.24) is 26.1 Å². The molecule has 0 aromatic carbocycles. The number of carbonyl (C=O) groups is 3. The Morgan fingerprint density at radius 3 is 2.43 bits per heavy atom. The maximum Gasteiger partial charge on any atom is 0.252 e. The first-order valence-corrected chi connectivity index (χ1v) is 8.22. The van der Waals surface area contributed by atoms with Gasteiger partial charge < -0.3 is 5.32 Å². The van der Waals surface area contributed by atoms with Gasteiger partial charge in [-0.1, -0.05) is 6.92 Å². The summed E-state index contributed by atoms with van der Waals surface area (Å²) in [5.74, 6) is -0.860. The minimum absolute atomic E-state index is 0.0101. The molecule has 0 saturated carbocycles. The maximum absolute atomic E-state index is 11.7. The zero-order valence-corrected chi connectivity index (χ0v) is 14.5. The molecule has 9 heteroatoms. The third kappa shape index (κ3) is 8.27. The van der Waals surface area contributed by atoms with Crippen molar-refractivity contribution in [3.8, 4) is 0 Å². The van der Waals surface area contributed by atoms with Crippen molar-refractivity contribution < 1.29 is 14.4 Å². The van der Waals surface area contributed by atoms with Crippen molar-refractivity contribution >= 4 is 29.1 Å². The summed E-state index contributed by atoms with van der Waals surface area (Å²) in [6.45, 7) is 4.57. The van der Waals surface area contributed by atoms with Gasteiger partial charge in [0.05, 0.1) is 19.5 Å². The number of amides is 3. The van der Waals surface area contributed by atoms with Crippen molar-refractivity contribution in [3.63, 3.8) is 0 Å². The number of thiazole rings is 1. The van der Waals surface area contributed by atoms with E-state index >= 15 is 0 Å². The van der Waals surface area contributed by atoms with Crippen molar-refractivity contribution in [2.24, 2.45) is 0 Å². The monoisotopic (exact) mass is 341 g/mol. The van der Waals surface area contributed by atoms with Crippen molar-refractivity contribution in [1.29, 1.82) is 0 Å². The van der Waals surface area contributed by atoms with Crippen LogP contribution in [0.25, 0.3) is 0 Å². The van der Waals surface area contributed by atoms with Crippen LogP contribution in [-0.2, 0) is 20.8 Å². The summed E-state index contributed by atoms with van der Waals surface area (Å²) in [6.07, 6.45) is 0.981. The molecule has 0 aliphatic rings. The molecule has 1 heterocycles. The van der Waals surface area contributed by atoms with Crippen LogP contribution in [0.5, 0.6) is 0 Å². The first-order chi connectivity index (χ1) is 10.9. The fraction of sp³-hybridized carbons (Fsp3) is 0.571. The molecule has 0 aliphatic carbocycles. The molecule has 0 fully saturated rings. The Kier molecular flexibility index (Phi) is 8.20. The topological polar surface area (TPSA) is 103 Å². The number of aromatic nitrogens is 1. The number of nitrogens with zero attached hydrogens (tertiary/aromatic N) is 2. The summed E-state index contributed by atoms with van der Waals surface area (Å²) in [5.41, 5.74) is 5.52. The number of aryl methyl sites for hydroxylation is 1. The van der Waals surface area contributed by atoms with Gasteiger partial charge in [-0.25, -0.2) is 4.98 Å². The molecule has 128 valence electrons. The standard InChI is InChI=1S/C14H23N5O3S/c1-4-5-15-12(21)7-19(3)8-13(22)18-17-11(20)6-14-16-10(2)9-23-14/h9H,4-8H2,1-3H3,(H,15,21)(H,17,20)(H,18,22). The zero-order valence-electron chi connectivity index (χ0n) is 13.6. The van der Waals surface area contributed by atoms with E-state index in [4.69, 9.17) is 0 Å². The first kappa shape index (κ1) is 19.0. The molecule has 0 atom stereocenters. The molecule has 0 radical (unpaired) electrons. The van der Waals surface area contributed by atoms with Gasteiger partial charge in [0, 0.05) is 17.6 Å². The molecule has 0 unspecified atom stereocenters. The molecule has 0 aliphatic heterocycles. The summed E-state index contributed by atoms with van der Waals surface area (Å²) in [7, 11) is 1.66. The number of hydrogen-bond donors (Lipinski definition) is 3. The average Bonchev–Trinajstić information content (AvgIpc) is 2.88. The largest absolute Gasteiger partial charge is 0.355 e. The Balaban J connectivity index is 2.22. The van der Waals surface area contributed by atoms with Crippen LogP contribution in [0.3, 0.4) is 0 Å². The van der Waals surface area contributed by atoms with Crippen LogP contribution in [0.4, 0.5) is 0 Å². The lowest BCUT2D eigenvalue weighted by molar-refractivity contribution is -0.129. The maximum atomic E-state index is 11.7. The highest BCUT2D eigenvalue weighted by atomic mass is 32.1. The number of rotatable bonds is 8. The lowest BCUT2D eigenvalue weighted by Crippen LogP contribution is -2.47. The van der Waals surface area contributed by atoms with E-state index in [0.717, 1.165) is 12.1 Å². The minimum Gasteiger partial charge on any atom is -0.355 e. The van der Waals surface area contributed by atoms with E-state index < -0.39 is 0 Å². The van der Waals surface area contributed by atoms with E-state index in [2.05, 4.69) is 21.2 Å². The van der Waals surface area contributed by atoms with Gasteiger partial charge in [-0.2, -0.15) is 0 Å². The number of carbonyl (C=O) groups excluding carboxylic acids is 3. The van der Waals surface area contributed by atoms with Crippen molar-refractivity contribution in [3.05, 3.63) is 16.1 Å². The van der Waals surface area contributed by atoms with Crippen LogP contribution in [0.2, 0.25) is 0 Å². The zero-order chi connectivity index (χ0) is 17.2. The van der Waals surface area contributed by atoms with Gasteiger partial charge in [-0.15, -0.1) is 11.3 Å². The molecular weight excluding hydrogens is 318 g/mol. The Labute approximate surface area is 139 Å². The molecule has 23 heavy (non-hydrogen) atoms.